The van der Waals surface area contributed by atoms with E-state index in [9.17, 15) is 23.1 Å². The Morgan fingerprint density at radius 1 is 0.938 bits per heavy atom. The maximum atomic E-state index is 13.5. The van der Waals surface area contributed by atoms with Gasteiger partial charge in [-0.05, 0) is 74.2 Å². The lowest BCUT2D eigenvalue weighted by Crippen LogP contribution is -2.29. The van der Waals surface area contributed by atoms with Gasteiger partial charge < -0.3 is 10.4 Å². The molecule has 0 aliphatic carbocycles. The Bertz CT molecular complexity index is 2110. The Hall–Kier alpha value is -4.95. The molecule has 3 aromatic heterocycles. The van der Waals surface area contributed by atoms with Gasteiger partial charge in [0.1, 0.15) is 11.6 Å². The van der Waals surface area contributed by atoms with Gasteiger partial charge in [0.2, 0.25) is 0 Å². The van der Waals surface area contributed by atoms with E-state index in [0.29, 0.717) is 22.7 Å². The van der Waals surface area contributed by atoms with E-state index in [1.54, 1.807) is 24.3 Å². The summed E-state index contributed by atoms with van der Waals surface area (Å²) in [5, 5.41) is 29.1. The van der Waals surface area contributed by atoms with Crippen LogP contribution in [0.4, 0.5) is 23.8 Å². The number of para-hydroxylation sites is 1. The van der Waals surface area contributed by atoms with Crippen LogP contribution in [0.25, 0.3) is 22.7 Å². The van der Waals surface area contributed by atoms with E-state index >= 15 is 0 Å². The van der Waals surface area contributed by atoms with Crippen LogP contribution in [-0.2, 0) is 17.5 Å². The first-order chi connectivity index (χ1) is 22.9. The molecule has 9 nitrogen and oxygen atoms in total. The smallest absolute Gasteiger partial charge is 0.416 e. The average molecular weight is 690 g/mol. The number of benzene rings is 3. The van der Waals surface area contributed by atoms with Crippen LogP contribution in [0.5, 0.6) is 5.75 Å². The first kappa shape index (κ1) is 33.0. The number of carbonyl (C=O) groups is 1. The lowest BCUT2D eigenvalue weighted by atomic mass is 10.1. The van der Waals surface area contributed by atoms with Crippen molar-refractivity contribution in [3.63, 3.8) is 0 Å². The number of hydrogen-bond donors (Lipinski definition) is 3. The number of pyridine rings is 1. The number of phenolic OH excluding ortho intramolecular Hbond substituents is 1. The van der Waals surface area contributed by atoms with Crippen molar-refractivity contribution in [1.82, 2.24) is 29.7 Å². The number of carbonyl (C=O) groups excluding carboxylic acids is 1. The molecule has 0 radical (unpaired) electrons. The average Bonchev–Trinajstić information content (AvgIpc) is 3.69. The number of rotatable bonds is 9. The second kappa shape index (κ2) is 13.3. The minimum Gasteiger partial charge on any atom is -0.507 e. The topological polar surface area (TPSA) is 109 Å². The maximum absolute atomic E-state index is 13.5. The van der Waals surface area contributed by atoms with Crippen LogP contribution in [0.15, 0.2) is 107 Å². The number of thioether (sulfide) groups is 1. The van der Waals surface area contributed by atoms with Crippen molar-refractivity contribution in [3.05, 3.63) is 114 Å². The summed E-state index contributed by atoms with van der Waals surface area (Å²) < 4.78 is 43.2. The van der Waals surface area contributed by atoms with Crippen LogP contribution in [0.1, 0.15) is 30.7 Å². The van der Waals surface area contributed by atoms with Crippen LogP contribution in [0.3, 0.4) is 0 Å². The molecule has 0 bridgehead atoms. The van der Waals surface area contributed by atoms with Gasteiger partial charge in [-0.3, -0.25) is 9.72 Å². The molecule has 246 valence electrons. The molecule has 0 atom stereocenters. The number of phenols is 1. The monoisotopic (exact) mass is 689 g/mol. The number of aromatic nitrogens is 5. The van der Waals surface area contributed by atoms with Gasteiger partial charge in [0.15, 0.2) is 11.5 Å². The van der Waals surface area contributed by atoms with Crippen LogP contribution < -0.4 is 10.6 Å². The fourth-order valence-corrected chi connectivity index (χ4v) is 6.15. The molecule has 14 heteroatoms. The molecule has 2 amide bonds. The zero-order valence-electron chi connectivity index (χ0n) is 26.0. The van der Waals surface area contributed by atoms with Gasteiger partial charge in [0.05, 0.1) is 27.3 Å². The summed E-state index contributed by atoms with van der Waals surface area (Å²) in [4.78, 5) is 15.0. The predicted molar refractivity (Wildman–Crippen MR) is 182 cm³/mol. The summed E-state index contributed by atoms with van der Waals surface area (Å²) >= 11 is 3.02. The standard InChI is InChI=1S/C34H30F3N7O2S2/c1-33(2,47-3)28-18-30(44(42-28)23-11-8-10-22(17-23)34(35,36)37)39-32(46)38-19-21-9-4-7-14-27(21)48-24-15-16-29-40-41-31(43(29)20-24)25-12-5-6-13-26(25)45/h4-18,20,45H,19H2,1-3H3,(H2,38,39,46). The normalized spacial score (nSPS) is 12.0. The van der Waals surface area contributed by atoms with Gasteiger partial charge in [-0.15, -0.1) is 10.2 Å². The molecule has 3 N–H and O–H groups in total. The molecule has 0 fully saturated rings. The number of alkyl halides is 3. The third-order valence-electron chi connectivity index (χ3n) is 7.66. The van der Waals surface area contributed by atoms with Gasteiger partial charge in [-0.2, -0.15) is 30.0 Å². The van der Waals surface area contributed by atoms with Crippen LogP contribution in [0.2, 0.25) is 0 Å². The van der Waals surface area contributed by atoms with E-state index in [0.717, 1.165) is 27.5 Å². The molecule has 6 aromatic rings. The first-order valence-electron chi connectivity index (χ1n) is 14.7. The number of nitrogens with one attached hydrogen (secondary N) is 2. The van der Waals surface area contributed by atoms with Crippen molar-refractivity contribution in [3.8, 4) is 22.8 Å². The summed E-state index contributed by atoms with van der Waals surface area (Å²) in [6.45, 7) is 4.07. The number of amides is 2. The molecule has 48 heavy (non-hydrogen) atoms. The number of nitrogens with zero attached hydrogens (tertiary/aromatic N) is 5. The van der Waals surface area contributed by atoms with Crippen molar-refractivity contribution in [2.45, 2.75) is 41.1 Å². The second-order valence-electron chi connectivity index (χ2n) is 11.2. The van der Waals surface area contributed by atoms with Gasteiger partial charge in [0, 0.05) is 28.6 Å². The molecule has 0 unspecified atom stereocenters. The summed E-state index contributed by atoms with van der Waals surface area (Å²) in [5.74, 6) is 0.835. The predicted octanol–water partition coefficient (Wildman–Crippen LogP) is 8.38. The number of aromatic hydroxyl groups is 1. The van der Waals surface area contributed by atoms with Gasteiger partial charge >= 0.3 is 12.2 Å². The van der Waals surface area contributed by atoms with Crippen molar-refractivity contribution >= 4 is 41.0 Å². The van der Waals surface area contributed by atoms with Gasteiger partial charge in [-0.1, -0.05) is 48.2 Å². The number of fused-ring (bicyclic) bond motifs is 1. The second-order valence-corrected chi connectivity index (χ2v) is 13.8. The van der Waals surface area contributed by atoms with E-state index in [1.807, 2.05) is 73.2 Å². The maximum Gasteiger partial charge on any atom is 0.416 e. The quantitative estimate of drug-likeness (QED) is 0.140. The van der Waals surface area contributed by atoms with E-state index in [4.69, 9.17) is 0 Å². The molecular formula is C34H30F3N7O2S2. The van der Waals surface area contributed by atoms with Gasteiger partial charge in [0.25, 0.3) is 0 Å². The van der Waals surface area contributed by atoms with E-state index in [1.165, 1.54) is 40.3 Å². The fourth-order valence-electron chi connectivity index (χ4n) is 4.87. The molecule has 0 saturated carbocycles. The summed E-state index contributed by atoms with van der Waals surface area (Å²) in [6.07, 6.45) is -0.729. The Morgan fingerprint density at radius 2 is 1.71 bits per heavy atom. The zero-order valence-corrected chi connectivity index (χ0v) is 27.6. The summed E-state index contributed by atoms with van der Waals surface area (Å²) in [6, 6.07) is 24.2. The number of hydrogen-bond acceptors (Lipinski definition) is 7. The molecule has 0 aliphatic rings. The third-order valence-corrected chi connectivity index (χ3v) is 9.98. The van der Waals surface area contributed by atoms with Crippen LogP contribution in [-0.4, -0.2) is 41.8 Å². The Kier molecular flexibility index (Phi) is 9.12. The minimum absolute atomic E-state index is 0.0987. The van der Waals surface area contributed by atoms with Crippen LogP contribution >= 0.6 is 23.5 Å². The fraction of sp³-hybridized carbons (Fsp3) is 0.176. The van der Waals surface area contributed by atoms with Crippen molar-refractivity contribution in [2.24, 2.45) is 0 Å². The number of halogens is 3. The zero-order chi connectivity index (χ0) is 34.1. The third kappa shape index (κ3) is 6.99. The Balaban J connectivity index is 1.21. The molecule has 3 aromatic carbocycles. The van der Waals surface area contributed by atoms with Crippen molar-refractivity contribution in [1.29, 1.82) is 0 Å². The molecule has 6 rings (SSSR count). The van der Waals surface area contributed by atoms with E-state index in [2.05, 4.69) is 25.9 Å². The largest absolute Gasteiger partial charge is 0.507 e. The van der Waals surface area contributed by atoms with Crippen molar-refractivity contribution < 1.29 is 23.1 Å². The number of urea groups is 1. The lowest BCUT2D eigenvalue weighted by Gasteiger charge is -2.18. The van der Waals surface area contributed by atoms with Crippen LogP contribution in [0, 0.1) is 0 Å². The highest BCUT2D eigenvalue weighted by Crippen LogP contribution is 2.37. The molecular weight excluding hydrogens is 660 g/mol. The Labute approximate surface area is 282 Å². The van der Waals surface area contributed by atoms with Gasteiger partial charge in [-0.25, -0.2) is 9.48 Å². The minimum atomic E-state index is -4.53. The van der Waals surface area contributed by atoms with E-state index < -0.39 is 22.5 Å². The summed E-state index contributed by atoms with van der Waals surface area (Å²) in [7, 11) is 0. The highest BCUT2D eigenvalue weighted by molar-refractivity contribution is 7.99. The lowest BCUT2D eigenvalue weighted by molar-refractivity contribution is -0.137. The highest BCUT2D eigenvalue weighted by atomic mass is 32.2. The Morgan fingerprint density at radius 3 is 2.48 bits per heavy atom. The highest BCUT2D eigenvalue weighted by Gasteiger charge is 2.31. The molecule has 3 heterocycles. The first-order valence-corrected chi connectivity index (χ1v) is 16.7. The SMILES string of the molecule is CSC(C)(C)c1cc(NC(=O)NCc2ccccc2Sc2ccc3nnc(-c4ccccc4O)n3c2)n(-c2cccc(C(F)(F)F)c2)n1. The summed E-state index contributed by atoms with van der Waals surface area (Å²) in [5.41, 5.74) is 1.97. The molecule has 0 spiro atoms. The number of anilines is 1. The molecule has 0 saturated heterocycles. The molecule has 0 aliphatic heterocycles. The van der Waals surface area contributed by atoms with Crippen molar-refractivity contribution in [2.75, 3.05) is 11.6 Å². The van der Waals surface area contributed by atoms with E-state index in [-0.39, 0.29) is 23.8 Å².